The summed E-state index contributed by atoms with van der Waals surface area (Å²) in [5, 5.41) is 55.9. The van der Waals surface area contributed by atoms with Crippen LogP contribution in [0.5, 0.6) is 0 Å². The van der Waals surface area contributed by atoms with Gasteiger partial charge in [0.15, 0.2) is 0 Å². The van der Waals surface area contributed by atoms with E-state index in [-0.39, 0.29) is 6.61 Å². The molecule has 170 valence electrons. The van der Waals surface area contributed by atoms with Crippen molar-refractivity contribution in [3.63, 3.8) is 0 Å². The van der Waals surface area contributed by atoms with Gasteiger partial charge in [-0.25, -0.2) is 0 Å². The van der Waals surface area contributed by atoms with Crippen molar-refractivity contribution in [1.29, 1.82) is 0 Å². The summed E-state index contributed by atoms with van der Waals surface area (Å²) >= 11 is 0. The number of carbonyl (C=O) groups is 4. The molecule has 0 saturated carbocycles. The average Bonchev–Trinajstić information content (AvgIpc) is 2.50. The summed E-state index contributed by atoms with van der Waals surface area (Å²) in [6, 6.07) is -1.58. The van der Waals surface area contributed by atoms with Crippen LogP contribution in [0.15, 0.2) is 0 Å². The van der Waals surface area contributed by atoms with E-state index in [1.165, 1.54) is 0 Å². The Morgan fingerprint density at radius 1 is 0.714 bits per heavy atom. The van der Waals surface area contributed by atoms with E-state index in [1.54, 1.807) is 0 Å². The highest BCUT2D eigenvalue weighted by Crippen LogP contribution is 2.05. The quantitative estimate of drug-likeness (QED) is 0.208. The number of hydrogen-bond acceptors (Lipinski definition) is 10. The Balaban J connectivity index is -0.0000000910. The van der Waals surface area contributed by atoms with Crippen LogP contribution in [0.4, 0.5) is 0 Å². The second-order valence-corrected chi connectivity index (χ2v) is 5.00. The molecule has 0 aliphatic carbocycles. The zero-order chi connectivity index (χ0) is 24.1. The second kappa shape index (κ2) is 22.7. The van der Waals surface area contributed by atoms with Crippen molar-refractivity contribution in [2.24, 2.45) is 17.2 Å². The van der Waals surface area contributed by atoms with Crippen LogP contribution in [0, 0.1) is 0 Å². The van der Waals surface area contributed by atoms with Crippen LogP contribution in [0.25, 0.3) is 0 Å². The molecule has 14 nitrogen and oxygen atoms in total. The first-order valence-corrected chi connectivity index (χ1v) is 7.35. The lowest BCUT2D eigenvalue weighted by atomic mass is 9.89. The van der Waals surface area contributed by atoms with E-state index in [9.17, 15) is 0 Å². The van der Waals surface area contributed by atoms with Crippen molar-refractivity contribution in [3.8, 4) is 0 Å². The molecule has 0 amide bonds. The summed E-state index contributed by atoms with van der Waals surface area (Å²) in [6.45, 7) is 3.05. The fourth-order valence-corrected chi connectivity index (χ4v) is 0.801. The van der Waals surface area contributed by atoms with Gasteiger partial charge in [-0.15, -0.1) is 0 Å². The van der Waals surface area contributed by atoms with Crippen molar-refractivity contribution in [1.82, 2.24) is 0 Å². The van der Waals surface area contributed by atoms with E-state index in [4.69, 9.17) is 72.1 Å². The number of aliphatic hydroxyl groups excluding tert-OH is 3. The number of nitrogens with two attached hydrogens (primary N) is 3. The fourth-order valence-electron chi connectivity index (χ4n) is 0.801. The van der Waals surface area contributed by atoms with Gasteiger partial charge in [-0.05, 0) is 0 Å². The molecule has 0 aromatic rings. The molecule has 13 N–H and O–H groups in total. The van der Waals surface area contributed by atoms with Gasteiger partial charge in [-0.3, -0.25) is 19.2 Å². The van der Waals surface area contributed by atoms with Gasteiger partial charge in [0.05, 0.1) is 25.4 Å². The van der Waals surface area contributed by atoms with Crippen LogP contribution < -0.4 is 17.2 Å². The van der Waals surface area contributed by atoms with E-state index < -0.39 is 54.7 Å². The Bertz CT molecular complexity index is 365. The molecule has 0 radical (unpaired) electrons. The summed E-state index contributed by atoms with van der Waals surface area (Å²) in [5.74, 6) is -3.33. The third-order valence-corrected chi connectivity index (χ3v) is 1.92. The first-order chi connectivity index (χ1) is 12.4. The molecule has 0 heterocycles. The maximum atomic E-state index is 9.00. The summed E-state index contributed by atoms with van der Waals surface area (Å²) in [7, 11) is 0. The minimum atomic E-state index is -1.33. The summed E-state index contributed by atoms with van der Waals surface area (Å²) < 4.78 is 0. The molecule has 0 bridgehead atoms. The zero-order valence-corrected chi connectivity index (χ0v) is 16.3. The lowest BCUT2D eigenvalue weighted by molar-refractivity contribution is -0.135. The van der Waals surface area contributed by atoms with Gasteiger partial charge in [0.1, 0.15) is 0 Å². The highest BCUT2D eigenvalue weighted by molar-refractivity contribution is 5.63. The van der Waals surface area contributed by atoms with Gasteiger partial charge in [-0.1, -0.05) is 0 Å². The van der Waals surface area contributed by atoms with E-state index in [2.05, 4.69) is 0 Å². The Morgan fingerprint density at radius 2 is 0.893 bits per heavy atom. The first kappa shape index (κ1) is 36.5. The molecular weight excluding hydrogens is 386 g/mol. The largest absolute Gasteiger partial charge is 0.481 e. The first-order valence-electron chi connectivity index (χ1n) is 7.35. The van der Waals surface area contributed by atoms with Gasteiger partial charge in [0.25, 0.3) is 23.9 Å². The molecule has 0 fully saturated rings. The minimum absolute atomic E-state index is 0.333. The third kappa shape index (κ3) is 49.5. The Hall–Kier alpha value is -2.36. The highest BCUT2D eigenvalue weighted by atomic mass is 16.4. The van der Waals surface area contributed by atoms with E-state index >= 15 is 0 Å². The Labute approximate surface area is 162 Å². The number of aliphatic hydroxyl groups is 3. The molecule has 0 aromatic carbocycles. The predicted octanol–water partition coefficient (Wildman–Crippen LogP) is -3.32. The van der Waals surface area contributed by atoms with Crippen LogP contribution >= 0.6 is 0 Å². The SMILES string of the molecule is CC(=O)O.CC(=O)O.CC(=O)O.CC(=O)O.NC(CO)C(N)C(N)(CO)CO. The number of rotatable bonds is 5. The fraction of sp³-hybridized carbons (Fsp3) is 0.714. The normalized spacial score (nSPS) is 11.1. The van der Waals surface area contributed by atoms with E-state index in [0.29, 0.717) is 0 Å². The van der Waals surface area contributed by atoms with E-state index in [0.717, 1.165) is 27.7 Å². The summed E-state index contributed by atoms with van der Waals surface area (Å²) in [4.78, 5) is 36.0. The number of carboxylic acid groups (broad SMARTS) is 4. The molecule has 2 atom stereocenters. The summed E-state index contributed by atoms with van der Waals surface area (Å²) in [6.07, 6.45) is 0. The maximum absolute atomic E-state index is 9.00. The number of aliphatic carboxylic acids is 4. The molecule has 0 aliphatic rings. The van der Waals surface area contributed by atoms with Crippen LogP contribution in [0.2, 0.25) is 0 Å². The van der Waals surface area contributed by atoms with E-state index in [1.807, 2.05) is 0 Å². The highest BCUT2D eigenvalue weighted by Gasteiger charge is 2.34. The standard InChI is InChI=1S/C6H17N3O3.4C2H4O2/c7-4(1-10)5(8)6(9,2-11)3-12;4*1-2(3)4/h4-5,10-12H,1-3,7-9H2;4*1H3,(H,3,4). The molecular formula is C14H33N3O11. The molecule has 0 rings (SSSR count). The van der Waals surface area contributed by atoms with Gasteiger partial charge in [0.2, 0.25) is 0 Å². The molecule has 0 aromatic heterocycles. The van der Waals surface area contributed by atoms with Crippen molar-refractivity contribution in [3.05, 3.63) is 0 Å². The second-order valence-electron chi connectivity index (χ2n) is 5.00. The molecule has 2 unspecified atom stereocenters. The predicted molar refractivity (Wildman–Crippen MR) is 97.4 cm³/mol. The zero-order valence-electron chi connectivity index (χ0n) is 16.3. The van der Waals surface area contributed by atoms with Crippen molar-refractivity contribution in [2.75, 3.05) is 19.8 Å². The van der Waals surface area contributed by atoms with Crippen molar-refractivity contribution >= 4 is 23.9 Å². The van der Waals surface area contributed by atoms with Gasteiger partial charge in [0, 0.05) is 39.8 Å². The van der Waals surface area contributed by atoms with Crippen molar-refractivity contribution in [2.45, 2.75) is 45.3 Å². The molecule has 0 aliphatic heterocycles. The summed E-state index contributed by atoms with van der Waals surface area (Å²) in [5.41, 5.74) is 15.0. The lowest BCUT2D eigenvalue weighted by Crippen LogP contribution is -2.67. The van der Waals surface area contributed by atoms with Crippen LogP contribution in [0.3, 0.4) is 0 Å². The maximum Gasteiger partial charge on any atom is 0.300 e. The smallest absolute Gasteiger partial charge is 0.300 e. The van der Waals surface area contributed by atoms with Crippen LogP contribution in [0.1, 0.15) is 27.7 Å². The number of carboxylic acids is 4. The average molecular weight is 419 g/mol. The van der Waals surface area contributed by atoms with Crippen LogP contribution in [-0.2, 0) is 19.2 Å². The van der Waals surface area contributed by atoms with Gasteiger partial charge >= 0.3 is 0 Å². The minimum Gasteiger partial charge on any atom is -0.481 e. The molecule has 0 spiro atoms. The third-order valence-electron chi connectivity index (χ3n) is 1.92. The Kier molecular flexibility index (Phi) is 29.6. The van der Waals surface area contributed by atoms with Gasteiger partial charge in [-0.2, -0.15) is 0 Å². The molecule has 0 saturated heterocycles. The monoisotopic (exact) mass is 419 g/mol. The van der Waals surface area contributed by atoms with Gasteiger partial charge < -0.3 is 52.9 Å². The Morgan fingerprint density at radius 3 is 1.00 bits per heavy atom. The number of hydrogen-bond donors (Lipinski definition) is 10. The topological polar surface area (TPSA) is 288 Å². The molecule has 28 heavy (non-hydrogen) atoms. The van der Waals surface area contributed by atoms with Crippen molar-refractivity contribution < 1.29 is 54.9 Å². The molecule has 14 heteroatoms. The van der Waals surface area contributed by atoms with Crippen LogP contribution in [-0.4, -0.2) is 97.1 Å². The lowest BCUT2D eigenvalue weighted by Gasteiger charge is -2.34.